The van der Waals surface area contributed by atoms with Gasteiger partial charge in [-0.25, -0.2) is 0 Å². The highest BCUT2D eigenvalue weighted by molar-refractivity contribution is 7.16. The van der Waals surface area contributed by atoms with Crippen molar-refractivity contribution in [3.05, 3.63) is 21.3 Å². The van der Waals surface area contributed by atoms with E-state index < -0.39 is 0 Å². The predicted molar refractivity (Wildman–Crippen MR) is 92.4 cm³/mol. The van der Waals surface area contributed by atoms with Gasteiger partial charge in [0.25, 0.3) is 0 Å². The summed E-state index contributed by atoms with van der Waals surface area (Å²) in [4.78, 5) is 4.09. The molecule has 2 fully saturated rings. The number of hydrogen-bond donors (Lipinski definition) is 1. The second-order valence-electron chi connectivity index (χ2n) is 6.93. The third-order valence-electron chi connectivity index (χ3n) is 5.21. The number of rotatable bonds is 5. The molecule has 3 rings (SSSR count). The second kappa shape index (κ2) is 6.99. The number of piperidine rings is 1. The molecule has 2 aliphatic rings. The van der Waals surface area contributed by atoms with Crippen molar-refractivity contribution >= 4 is 22.9 Å². The molecule has 1 aromatic heterocycles. The summed E-state index contributed by atoms with van der Waals surface area (Å²) in [5, 5.41) is 3.88. The molecule has 1 aliphatic heterocycles. The summed E-state index contributed by atoms with van der Waals surface area (Å²) in [6.45, 7) is 8.34. The van der Waals surface area contributed by atoms with Crippen LogP contribution in [0.5, 0.6) is 0 Å². The van der Waals surface area contributed by atoms with Crippen molar-refractivity contribution in [1.29, 1.82) is 0 Å². The van der Waals surface area contributed by atoms with E-state index in [1.54, 1.807) is 11.3 Å². The highest BCUT2D eigenvalue weighted by atomic mass is 35.5. The summed E-state index contributed by atoms with van der Waals surface area (Å²) in [6.07, 6.45) is 5.35. The molecule has 21 heavy (non-hydrogen) atoms. The molecule has 2 unspecified atom stereocenters. The van der Waals surface area contributed by atoms with Crippen molar-refractivity contribution < 1.29 is 0 Å². The first kappa shape index (κ1) is 15.8. The van der Waals surface area contributed by atoms with E-state index in [1.807, 2.05) is 6.07 Å². The van der Waals surface area contributed by atoms with Crippen molar-refractivity contribution in [2.75, 3.05) is 19.6 Å². The van der Waals surface area contributed by atoms with Crippen molar-refractivity contribution in [1.82, 2.24) is 10.2 Å². The second-order valence-corrected chi connectivity index (χ2v) is 8.73. The molecule has 0 amide bonds. The zero-order valence-corrected chi connectivity index (χ0v) is 14.7. The normalized spacial score (nSPS) is 30.0. The van der Waals surface area contributed by atoms with Crippen LogP contribution >= 0.6 is 22.9 Å². The number of likely N-dealkylation sites (tertiary alicyclic amines) is 1. The van der Waals surface area contributed by atoms with E-state index in [1.165, 1.54) is 37.2 Å². The fourth-order valence-electron chi connectivity index (χ4n) is 4.08. The van der Waals surface area contributed by atoms with Crippen LogP contribution in [0.2, 0.25) is 4.34 Å². The molecule has 2 atom stereocenters. The van der Waals surface area contributed by atoms with Crippen LogP contribution in [0.4, 0.5) is 0 Å². The van der Waals surface area contributed by atoms with Gasteiger partial charge in [-0.05, 0) is 57.1 Å². The molecule has 2 bridgehead atoms. The van der Waals surface area contributed by atoms with Gasteiger partial charge in [-0.1, -0.05) is 18.0 Å². The Morgan fingerprint density at radius 2 is 2.00 bits per heavy atom. The lowest BCUT2D eigenvalue weighted by Crippen LogP contribution is -2.58. The molecule has 1 aliphatic carbocycles. The quantitative estimate of drug-likeness (QED) is 0.878. The molecule has 0 aromatic carbocycles. The SMILES string of the molecule is CC(C)N1CC2CCCC(C1)C2NCCc1ccc(Cl)s1. The van der Waals surface area contributed by atoms with Gasteiger partial charge in [-0.2, -0.15) is 0 Å². The molecule has 2 heterocycles. The number of nitrogens with zero attached hydrogens (tertiary/aromatic N) is 1. The Hall–Kier alpha value is -0.0900. The monoisotopic (exact) mass is 326 g/mol. The highest BCUT2D eigenvalue weighted by Crippen LogP contribution is 2.35. The maximum Gasteiger partial charge on any atom is 0.0931 e. The number of thiophene rings is 1. The molecule has 4 heteroatoms. The van der Waals surface area contributed by atoms with Crippen molar-refractivity contribution in [3.8, 4) is 0 Å². The van der Waals surface area contributed by atoms with E-state index in [9.17, 15) is 0 Å². The van der Waals surface area contributed by atoms with Gasteiger partial charge in [0, 0.05) is 36.6 Å². The zero-order chi connectivity index (χ0) is 14.8. The third kappa shape index (κ3) is 3.82. The first-order chi connectivity index (χ1) is 10.1. The van der Waals surface area contributed by atoms with E-state index in [0.717, 1.165) is 35.2 Å². The first-order valence-electron chi connectivity index (χ1n) is 8.35. The molecule has 2 nitrogen and oxygen atoms in total. The molecule has 0 radical (unpaired) electrons. The summed E-state index contributed by atoms with van der Waals surface area (Å²) in [5.74, 6) is 1.71. The molecule has 1 N–H and O–H groups in total. The van der Waals surface area contributed by atoms with Crippen molar-refractivity contribution in [2.24, 2.45) is 11.8 Å². The van der Waals surface area contributed by atoms with E-state index in [2.05, 4.69) is 30.1 Å². The van der Waals surface area contributed by atoms with E-state index in [4.69, 9.17) is 11.6 Å². The topological polar surface area (TPSA) is 15.3 Å². The third-order valence-corrected chi connectivity index (χ3v) is 6.51. The smallest absolute Gasteiger partial charge is 0.0931 e. The van der Waals surface area contributed by atoms with Crippen LogP contribution in [0.15, 0.2) is 12.1 Å². The summed E-state index contributed by atoms with van der Waals surface area (Å²) >= 11 is 7.72. The molecule has 1 saturated heterocycles. The van der Waals surface area contributed by atoms with E-state index in [-0.39, 0.29) is 0 Å². The summed E-state index contributed by atoms with van der Waals surface area (Å²) in [6, 6.07) is 5.61. The Morgan fingerprint density at radius 1 is 1.29 bits per heavy atom. The van der Waals surface area contributed by atoms with Gasteiger partial charge in [0.05, 0.1) is 4.34 Å². The largest absolute Gasteiger partial charge is 0.313 e. The molecular weight excluding hydrogens is 300 g/mol. The van der Waals surface area contributed by atoms with Crippen LogP contribution in [-0.2, 0) is 6.42 Å². The number of nitrogens with one attached hydrogen (secondary N) is 1. The van der Waals surface area contributed by atoms with Gasteiger partial charge in [-0.3, -0.25) is 0 Å². The average Bonchev–Trinajstić information content (AvgIpc) is 2.83. The highest BCUT2D eigenvalue weighted by Gasteiger charge is 2.39. The summed E-state index contributed by atoms with van der Waals surface area (Å²) in [7, 11) is 0. The average molecular weight is 327 g/mol. The van der Waals surface area contributed by atoms with Gasteiger partial charge in [0.1, 0.15) is 0 Å². The van der Waals surface area contributed by atoms with Crippen molar-refractivity contribution in [2.45, 2.75) is 51.6 Å². The minimum atomic E-state index is 0.697. The van der Waals surface area contributed by atoms with Crippen LogP contribution < -0.4 is 5.32 Å². The lowest BCUT2D eigenvalue weighted by atomic mass is 9.73. The maximum absolute atomic E-state index is 6.00. The van der Waals surface area contributed by atoms with Gasteiger partial charge in [0.15, 0.2) is 0 Å². The Morgan fingerprint density at radius 3 is 2.57 bits per heavy atom. The number of hydrogen-bond acceptors (Lipinski definition) is 3. The standard InChI is InChI=1S/C17H27ClN2S/c1-12(2)20-10-13-4-3-5-14(11-20)17(13)19-9-8-15-6-7-16(18)21-15/h6-7,12-14,17,19H,3-5,8-11H2,1-2H3. The lowest BCUT2D eigenvalue weighted by Gasteiger charge is -2.49. The Bertz CT molecular complexity index is 445. The lowest BCUT2D eigenvalue weighted by molar-refractivity contribution is 0.0300. The van der Waals surface area contributed by atoms with E-state index in [0.29, 0.717) is 6.04 Å². The molecular formula is C17H27ClN2S. The maximum atomic E-state index is 6.00. The fraction of sp³-hybridized carbons (Fsp3) is 0.765. The Balaban J connectivity index is 1.53. The van der Waals surface area contributed by atoms with Crippen LogP contribution in [0.25, 0.3) is 0 Å². The first-order valence-corrected chi connectivity index (χ1v) is 9.54. The zero-order valence-electron chi connectivity index (χ0n) is 13.1. The minimum absolute atomic E-state index is 0.697. The van der Waals surface area contributed by atoms with Crippen LogP contribution in [0, 0.1) is 11.8 Å². The Labute approximate surface area is 137 Å². The Kier molecular flexibility index (Phi) is 5.26. The number of halogens is 1. The molecule has 118 valence electrons. The molecule has 1 aromatic rings. The molecule has 0 spiro atoms. The van der Waals surface area contributed by atoms with Gasteiger partial charge >= 0.3 is 0 Å². The van der Waals surface area contributed by atoms with Gasteiger partial charge in [-0.15, -0.1) is 11.3 Å². The van der Waals surface area contributed by atoms with Gasteiger partial charge in [0.2, 0.25) is 0 Å². The number of fused-ring (bicyclic) bond motifs is 2. The molecule has 1 saturated carbocycles. The van der Waals surface area contributed by atoms with E-state index >= 15 is 0 Å². The summed E-state index contributed by atoms with van der Waals surface area (Å²) < 4.78 is 0.909. The van der Waals surface area contributed by atoms with Crippen LogP contribution in [0.1, 0.15) is 38.0 Å². The van der Waals surface area contributed by atoms with Crippen molar-refractivity contribution in [3.63, 3.8) is 0 Å². The van der Waals surface area contributed by atoms with Crippen LogP contribution in [0.3, 0.4) is 0 Å². The minimum Gasteiger partial charge on any atom is -0.313 e. The van der Waals surface area contributed by atoms with Crippen LogP contribution in [-0.4, -0.2) is 36.6 Å². The predicted octanol–water partition coefficient (Wildman–Crippen LogP) is 4.04. The summed E-state index contributed by atoms with van der Waals surface area (Å²) in [5.41, 5.74) is 0. The fourth-order valence-corrected chi connectivity index (χ4v) is 5.16. The van der Waals surface area contributed by atoms with Gasteiger partial charge < -0.3 is 10.2 Å².